The van der Waals surface area contributed by atoms with Gasteiger partial charge in [0.05, 0.1) is 5.56 Å². The van der Waals surface area contributed by atoms with Crippen LogP contribution in [0, 0.1) is 0 Å². The zero-order chi connectivity index (χ0) is 15.2. The van der Waals surface area contributed by atoms with Crippen LogP contribution in [0.15, 0.2) is 16.7 Å². The van der Waals surface area contributed by atoms with Crippen LogP contribution in [0.1, 0.15) is 43.0 Å². The molecule has 0 spiro atoms. The van der Waals surface area contributed by atoms with Crippen molar-refractivity contribution in [3.8, 4) is 0 Å². The van der Waals surface area contributed by atoms with Crippen molar-refractivity contribution in [1.82, 2.24) is 15.2 Å². The van der Waals surface area contributed by atoms with Crippen LogP contribution < -0.4 is 5.32 Å². The molecule has 1 amide bonds. The molecule has 2 heterocycles. The second-order valence-electron chi connectivity index (χ2n) is 5.48. The highest BCUT2D eigenvalue weighted by atomic mass is 79.9. The largest absolute Gasteiger partial charge is 0.352 e. The third-order valence-corrected chi connectivity index (χ3v) is 4.63. The average Bonchev–Trinajstić information content (AvgIpc) is 2.47. The molecular weight excluding hydrogens is 354 g/mol. The molecule has 1 aliphatic rings. The van der Waals surface area contributed by atoms with Gasteiger partial charge in [-0.15, -0.1) is 0 Å². The Kier molecular flexibility index (Phi) is 6.45. The van der Waals surface area contributed by atoms with Crippen molar-refractivity contribution in [2.24, 2.45) is 0 Å². The van der Waals surface area contributed by atoms with E-state index >= 15 is 0 Å². The maximum atomic E-state index is 12.1. The first-order valence-corrected chi connectivity index (χ1v) is 8.58. The van der Waals surface area contributed by atoms with Gasteiger partial charge in [0.25, 0.3) is 5.91 Å². The molecule has 0 saturated carbocycles. The summed E-state index contributed by atoms with van der Waals surface area (Å²) in [6.07, 6.45) is 6.44. The fourth-order valence-electron chi connectivity index (χ4n) is 2.65. The molecule has 6 heteroatoms. The SMILES string of the molecule is CC1CCCCN1CCCNC(=O)c1cc(Br)cnc1Cl. The molecule has 1 aromatic rings. The summed E-state index contributed by atoms with van der Waals surface area (Å²) in [4.78, 5) is 18.5. The molecule has 1 unspecified atom stereocenters. The van der Waals surface area contributed by atoms with Gasteiger partial charge in [-0.2, -0.15) is 0 Å². The fourth-order valence-corrected chi connectivity index (χ4v) is 3.17. The van der Waals surface area contributed by atoms with E-state index < -0.39 is 0 Å². The average molecular weight is 375 g/mol. The first kappa shape index (κ1) is 16.7. The second kappa shape index (κ2) is 8.11. The van der Waals surface area contributed by atoms with E-state index in [2.05, 4.69) is 38.1 Å². The lowest BCUT2D eigenvalue weighted by molar-refractivity contribution is 0.0948. The lowest BCUT2D eigenvalue weighted by atomic mass is 10.0. The van der Waals surface area contributed by atoms with E-state index in [1.807, 2.05) is 0 Å². The van der Waals surface area contributed by atoms with Gasteiger partial charge in [-0.3, -0.25) is 4.79 Å². The van der Waals surface area contributed by atoms with Crippen LogP contribution in [-0.2, 0) is 0 Å². The molecule has 1 N–H and O–H groups in total. The molecule has 1 atom stereocenters. The summed E-state index contributed by atoms with van der Waals surface area (Å²) in [5, 5.41) is 3.15. The van der Waals surface area contributed by atoms with Gasteiger partial charge in [0.2, 0.25) is 0 Å². The molecule has 4 nitrogen and oxygen atoms in total. The molecule has 1 aliphatic heterocycles. The van der Waals surface area contributed by atoms with Gasteiger partial charge in [0, 0.05) is 29.8 Å². The Hall–Kier alpha value is -0.650. The first-order valence-electron chi connectivity index (χ1n) is 7.41. The smallest absolute Gasteiger partial charge is 0.254 e. The molecule has 0 bridgehead atoms. The summed E-state index contributed by atoms with van der Waals surface area (Å²) < 4.78 is 0.749. The number of piperidine rings is 1. The van der Waals surface area contributed by atoms with Crippen LogP contribution in [-0.4, -0.2) is 41.5 Å². The van der Waals surface area contributed by atoms with E-state index in [-0.39, 0.29) is 11.1 Å². The standard InChI is InChI=1S/C15H21BrClN3O/c1-11-5-2-3-7-20(11)8-4-6-18-15(21)13-9-12(16)10-19-14(13)17/h9-11H,2-8H2,1H3,(H,18,21). The van der Waals surface area contributed by atoms with E-state index in [1.165, 1.54) is 25.8 Å². The van der Waals surface area contributed by atoms with Crippen molar-refractivity contribution < 1.29 is 4.79 Å². The van der Waals surface area contributed by atoms with E-state index in [9.17, 15) is 4.79 Å². The summed E-state index contributed by atoms with van der Waals surface area (Å²) in [6.45, 7) is 5.15. The molecule has 0 radical (unpaired) electrons. The van der Waals surface area contributed by atoms with Crippen molar-refractivity contribution in [3.63, 3.8) is 0 Å². The number of aromatic nitrogens is 1. The molecule has 1 fully saturated rings. The molecule has 1 aromatic heterocycles. The molecule has 116 valence electrons. The van der Waals surface area contributed by atoms with Crippen molar-refractivity contribution in [3.05, 3.63) is 27.5 Å². The highest BCUT2D eigenvalue weighted by Crippen LogP contribution is 2.18. The van der Waals surface area contributed by atoms with Gasteiger partial charge in [-0.1, -0.05) is 18.0 Å². The van der Waals surface area contributed by atoms with Gasteiger partial charge in [-0.25, -0.2) is 4.98 Å². The minimum absolute atomic E-state index is 0.166. The normalized spacial score (nSPS) is 19.5. The van der Waals surface area contributed by atoms with Crippen LogP contribution in [0.25, 0.3) is 0 Å². The zero-order valence-corrected chi connectivity index (χ0v) is 14.6. The number of hydrogen-bond acceptors (Lipinski definition) is 3. The minimum atomic E-state index is -0.166. The highest BCUT2D eigenvalue weighted by molar-refractivity contribution is 9.10. The van der Waals surface area contributed by atoms with Gasteiger partial charge < -0.3 is 10.2 Å². The number of halogens is 2. The molecule has 0 aliphatic carbocycles. The Morgan fingerprint density at radius 2 is 2.38 bits per heavy atom. The van der Waals surface area contributed by atoms with E-state index in [0.29, 0.717) is 18.2 Å². The number of nitrogens with one attached hydrogen (secondary N) is 1. The third-order valence-electron chi connectivity index (χ3n) is 3.90. The maximum Gasteiger partial charge on any atom is 0.254 e. The molecule has 1 saturated heterocycles. The highest BCUT2D eigenvalue weighted by Gasteiger charge is 2.17. The zero-order valence-electron chi connectivity index (χ0n) is 12.2. The number of rotatable bonds is 5. The maximum absolute atomic E-state index is 12.1. The molecule has 0 aromatic carbocycles. The summed E-state index contributed by atoms with van der Waals surface area (Å²) >= 11 is 9.24. The quantitative estimate of drug-likeness (QED) is 0.634. The summed E-state index contributed by atoms with van der Waals surface area (Å²) in [6, 6.07) is 2.36. The van der Waals surface area contributed by atoms with Crippen LogP contribution in [0.2, 0.25) is 5.15 Å². The summed E-state index contributed by atoms with van der Waals surface area (Å²) in [5.41, 5.74) is 0.414. The Bertz CT molecular complexity index is 498. The van der Waals surface area contributed by atoms with E-state index in [1.54, 1.807) is 12.3 Å². The second-order valence-corrected chi connectivity index (χ2v) is 6.76. The lowest BCUT2D eigenvalue weighted by Crippen LogP contribution is -2.39. The lowest BCUT2D eigenvalue weighted by Gasteiger charge is -2.33. The number of pyridine rings is 1. The number of nitrogens with zero attached hydrogens (tertiary/aromatic N) is 2. The number of carbonyl (C=O) groups excluding carboxylic acids is 1. The third kappa shape index (κ3) is 4.94. The van der Waals surface area contributed by atoms with Gasteiger partial charge >= 0.3 is 0 Å². The van der Waals surface area contributed by atoms with Crippen molar-refractivity contribution in [2.45, 2.75) is 38.6 Å². The summed E-state index contributed by atoms with van der Waals surface area (Å²) in [5.74, 6) is -0.166. The number of amides is 1. The monoisotopic (exact) mass is 373 g/mol. The van der Waals surface area contributed by atoms with Crippen LogP contribution in [0.5, 0.6) is 0 Å². The number of likely N-dealkylation sites (tertiary alicyclic amines) is 1. The van der Waals surface area contributed by atoms with E-state index in [0.717, 1.165) is 17.4 Å². The predicted molar refractivity (Wildman–Crippen MR) is 88.8 cm³/mol. The molecular formula is C15H21BrClN3O. The Morgan fingerprint density at radius 3 is 3.14 bits per heavy atom. The van der Waals surface area contributed by atoms with Gasteiger partial charge in [0.15, 0.2) is 0 Å². The molecule has 21 heavy (non-hydrogen) atoms. The first-order chi connectivity index (χ1) is 10.1. The topological polar surface area (TPSA) is 45.2 Å². The summed E-state index contributed by atoms with van der Waals surface area (Å²) in [7, 11) is 0. The van der Waals surface area contributed by atoms with Crippen molar-refractivity contribution in [1.29, 1.82) is 0 Å². The van der Waals surface area contributed by atoms with Crippen molar-refractivity contribution >= 4 is 33.4 Å². The Labute approximate surface area is 139 Å². The Balaban J connectivity index is 1.75. The predicted octanol–water partition coefficient (Wildman–Crippen LogP) is 3.49. The van der Waals surface area contributed by atoms with Crippen LogP contribution >= 0.6 is 27.5 Å². The van der Waals surface area contributed by atoms with Crippen molar-refractivity contribution in [2.75, 3.05) is 19.6 Å². The van der Waals surface area contributed by atoms with Gasteiger partial charge in [0.1, 0.15) is 5.15 Å². The van der Waals surface area contributed by atoms with Crippen LogP contribution in [0.4, 0.5) is 0 Å². The van der Waals surface area contributed by atoms with E-state index in [4.69, 9.17) is 11.6 Å². The number of hydrogen-bond donors (Lipinski definition) is 1. The number of carbonyl (C=O) groups is 1. The van der Waals surface area contributed by atoms with Gasteiger partial charge in [-0.05, 0) is 54.7 Å². The molecule has 2 rings (SSSR count). The fraction of sp³-hybridized carbons (Fsp3) is 0.600. The Morgan fingerprint density at radius 1 is 1.57 bits per heavy atom. The van der Waals surface area contributed by atoms with Crippen LogP contribution in [0.3, 0.4) is 0 Å². The minimum Gasteiger partial charge on any atom is -0.352 e.